The average Bonchev–Trinajstić information content (AvgIpc) is 3.24. The van der Waals surface area contributed by atoms with Crippen LogP contribution in [0, 0.1) is 13.8 Å². The molecule has 0 spiro atoms. The second-order valence-electron chi connectivity index (χ2n) is 6.03. The van der Waals surface area contributed by atoms with Crippen molar-refractivity contribution < 1.29 is 9.53 Å². The van der Waals surface area contributed by atoms with Gasteiger partial charge in [-0.05, 0) is 52.2 Å². The molecule has 0 bridgehead atoms. The molecule has 0 heterocycles. The van der Waals surface area contributed by atoms with Gasteiger partial charge in [-0.15, -0.1) is 11.8 Å². The molecule has 1 N–H and O–H groups in total. The molecule has 116 valence electrons. The highest BCUT2D eigenvalue weighted by molar-refractivity contribution is 7.99. The Hall–Kier alpha value is -1.00. The number of carbonyl (C=O) groups is 1. The molecule has 0 saturated heterocycles. The molecule has 21 heavy (non-hydrogen) atoms. The number of thioether (sulfide) groups is 1. The molecule has 2 rings (SSSR count). The molecule has 3 nitrogen and oxygen atoms in total. The number of hydrogen-bond acceptors (Lipinski definition) is 4. The summed E-state index contributed by atoms with van der Waals surface area (Å²) in [4.78, 5) is 13.5. The van der Waals surface area contributed by atoms with Crippen LogP contribution < -0.4 is 5.32 Å². The third-order valence-corrected chi connectivity index (χ3v) is 5.16. The first kappa shape index (κ1) is 16.4. The van der Waals surface area contributed by atoms with Gasteiger partial charge in [0, 0.05) is 16.7 Å². The molecule has 1 aromatic carbocycles. The fourth-order valence-corrected chi connectivity index (χ4v) is 3.42. The molecule has 1 aromatic rings. The molecule has 1 unspecified atom stereocenters. The van der Waals surface area contributed by atoms with Gasteiger partial charge in [0.15, 0.2) is 0 Å². The van der Waals surface area contributed by atoms with Crippen LogP contribution in [0.3, 0.4) is 0 Å². The fraction of sp³-hybridized carbons (Fsp3) is 0.588. The molecule has 1 atom stereocenters. The van der Waals surface area contributed by atoms with Crippen LogP contribution in [-0.2, 0) is 9.53 Å². The van der Waals surface area contributed by atoms with Gasteiger partial charge in [0.25, 0.3) is 0 Å². The van der Waals surface area contributed by atoms with Gasteiger partial charge in [0.2, 0.25) is 0 Å². The van der Waals surface area contributed by atoms with Crippen molar-refractivity contribution in [1.29, 1.82) is 0 Å². The predicted octanol–water partition coefficient (Wildman–Crippen LogP) is 3.47. The summed E-state index contributed by atoms with van der Waals surface area (Å²) in [5, 5.41) is 3.46. The standard InChI is InChI=1S/C17H25NO2S/c1-5-20-16(19)17(4,18-14-8-9-14)11-21-15-10-12(2)6-7-13(15)3/h6-7,10,14,18H,5,8-9,11H2,1-4H3. The van der Waals surface area contributed by atoms with Crippen molar-refractivity contribution in [3.05, 3.63) is 29.3 Å². The molecule has 0 aromatic heterocycles. The lowest BCUT2D eigenvalue weighted by molar-refractivity contribution is -0.149. The van der Waals surface area contributed by atoms with Gasteiger partial charge in [-0.1, -0.05) is 17.7 Å². The normalized spacial score (nSPS) is 17.3. The highest BCUT2D eigenvalue weighted by Crippen LogP contribution is 2.30. The Morgan fingerprint density at radius 2 is 2.14 bits per heavy atom. The Kier molecular flexibility index (Phi) is 5.33. The van der Waals surface area contributed by atoms with E-state index in [2.05, 4.69) is 37.4 Å². The molecule has 0 radical (unpaired) electrons. The summed E-state index contributed by atoms with van der Waals surface area (Å²) in [6, 6.07) is 6.90. The minimum absolute atomic E-state index is 0.144. The minimum Gasteiger partial charge on any atom is -0.465 e. The third-order valence-electron chi connectivity index (χ3n) is 3.69. The number of benzene rings is 1. The summed E-state index contributed by atoms with van der Waals surface area (Å²) in [7, 11) is 0. The van der Waals surface area contributed by atoms with Crippen molar-refractivity contribution in [1.82, 2.24) is 5.32 Å². The molecule has 1 aliphatic rings. The number of rotatable bonds is 7. The molecule has 1 aliphatic carbocycles. The van der Waals surface area contributed by atoms with Gasteiger partial charge in [-0.2, -0.15) is 0 Å². The Bertz CT molecular complexity index is 514. The summed E-state index contributed by atoms with van der Waals surface area (Å²) in [6.45, 7) is 8.44. The van der Waals surface area contributed by atoms with E-state index in [0.29, 0.717) is 18.4 Å². The number of esters is 1. The quantitative estimate of drug-likeness (QED) is 0.618. The van der Waals surface area contributed by atoms with Crippen molar-refractivity contribution in [3.63, 3.8) is 0 Å². The van der Waals surface area contributed by atoms with Gasteiger partial charge in [0.05, 0.1) is 6.61 Å². The van der Waals surface area contributed by atoms with E-state index in [-0.39, 0.29) is 5.97 Å². The summed E-state index contributed by atoms with van der Waals surface area (Å²) >= 11 is 1.73. The maximum absolute atomic E-state index is 12.3. The van der Waals surface area contributed by atoms with Gasteiger partial charge in [0.1, 0.15) is 5.54 Å². The van der Waals surface area contributed by atoms with Crippen LogP contribution >= 0.6 is 11.8 Å². The average molecular weight is 307 g/mol. The highest BCUT2D eigenvalue weighted by Gasteiger charge is 2.39. The molecule has 1 saturated carbocycles. The second kappa shape index (κ2) is 6.84. The zero-order valence-electron chi connectivity index (χ0n) is 13.4. The number of ether oxygens (including phenoxy) is 1. The summed E-state index contributed by atoms with van der Waals surface area (Å²) in [5.41, 5.74) is 1.89. The Balaban J connectivity index is 2.07. The van der Waals surface area contributed by atoms with E-state index >= 15 is 0 Å². The Morgan fingerprint density at radius 3 is 2.76 bits per heavy atom. The largest absolute Gasteiger partial charge is 0.465 e. The van der Waals surface area contributed by atoms with Crippen LogP contribution in [0.1, 0.15) is 37.8 Å². The van der Waals surface area contributed by atoms with Gasteiger partial charge < -0.3 is 4.74 Å². The van der Waals surface area contributed by atoms with Crippen LogP contribution in [0.4, 0.5) is 0 Å². The number of nitrogens with one attached hydrogen (secondary N) is 1. The number of aryl methyl sites for hydroxylation is 2. The van der Waals surface area contributed by atoms with Crippen LogP contribution in [0.5, 0.6) is 0 Å². The lowest BCUT2D eigenvalue weighted by Crippen LogP contribution is -2.53. The zero-order valence-corrected chi connectivity index (χ0v) is 14.2. The lowest BCUT2D eigenvalue weighted by atomic mass is 10.1. The van der Waals surface area contributed by atoms with Crippen molar-refractivity contribution in [2.45, 2.75) is 57.0 Å². The van der Waals surface area contributed by atoms with Gasteiger partial charge in [-0.3, -0.25) is 10.1 Å². The highest BCUT2D eigenvalue weighted by atomic mass is 32.2. The van der Waals surface area contributed by atoms with Crippen LogP contribution in [0.25, 0.3) is 0 Å². The summed E-state index contributed by atoms with van der Waals surface area (Å²) < 4.78 is 5.26. The SMILES string of the molecule is CCOC(=O)C(C)(CSc1cc(C)ccc1C)NC1CC1. The van der Waals surface area contributed by atoms with Crippen LogP contribution in [-0.4, -0.2) is 29.9 Å². The molecule has 4 heteroatoms. The van der Waals surface area contributed by atoms with Gasteiger partial charge >= 0.3 is 5.97 Å². The Labute approximate surface area is 131 Å². The Morgan fingerprint density at radius 1 is 1.43 bits per heavy atom. The topological polar surface area (TPSA) is 38.3 Å². The predicted molar refractivity (Wildman–Crippen MR) is 87.8 cm³/mol. The first-order valence-electron chi connectivity index (χ1n) is 7.59. The van der Waals surface area contributed by atoms with Crippen molar-refractivity contribution in [3.8, 4) is 0 Å². The van der Waals surface area contributed by atoms with Crippen molar-refractivity contribution >= 4 is 17.7 Å². The van der Waals surface area contributed by atoms with Crippen molar-refractivity contribution in [2.24, 2.45) is 0 Å². The fourth-order valence-electron chi connectivity index (χ4n) is 2.21. The molecule has 0 aliphatic heterocycles. The maximum Gasteiger partial charge on any atom is 0.326 e. The third kappa shape index (κ3) is 4.48. The molecular weight excluding hydrogens is 282 g/mol. The van der Waals surface area contributed by atoms with Gasteiger partial charge in [-0.25, -0.2) is 0 Å². The maximum atomic E-state index is 12.3. The van der Waals surface area contributed by atoms with E-state index in [1.165, 1.54) is 16.0 Å². The summed E-state index contributed by atoms with van der Waals surface area (Å²) in [5.74, 6) is 0.543. The molecule has 1 fully saturated rings. The summed E-state index contributed by atoms with van der Waals surface area (Å²) in [6.07, 6.45) is 2.31. The number of carbonyl (C=O) groups excluding carboxylic acids is 1. The van der Waals surface area contributed by atoms with E-state index in [0.717, 1.165) is 12.8 Å². The van der Waals surface area contributed by atoms with E-state index in [1.807, 2.05) is 13.8 Å². The zero-order chi connectivity index (χ0) is 15.5. The van der Waals surface area contributed by atoms with Crippen molar-refractivity contribution in [2.75, 3.05) is 12.4 Å². The molecule has 0 amide bonds. The monoisotopic (exact) mass is 307 g/mol. The first-order chi connectivity index (χ1) is 9.94. The van der Waals surface area contributed by atoms with E-state index in [9.17, 15) is 4.79 Å². The lowest BCUT2D eigenvalue weighted by Gasteiger charge is -2.28. The van der Waals surface area contributed by atoms with Crippen LogP contribution in [0.2, 0.25) is 0 Å². The smallest absolute Gasteiger partial charge is 0.326 e. The molecular formula is C17H25NO2S. The van der Waals surface area contributed by atoms with E-state index in [1.54, 1.807) is 11.8 Å². The first-order valence-corrected chi connectivity index (χ1v) is 8.58. The minimum atomic E-state index is -0.613. The number of hydrogen-bond donors (Lipinski definition) is 1. The van der Waals surface area contributed by atoms with E-state index in [4.69, 9.17) is 4.74 Å². The van der Waals surface area contributed by atoms with Crippen LogP contribution in [0.15, 0.2) is 23.1 Å². The second-order valence-corrected chi connectivity index (χ2v) is 7.05. The van der Waals surface area contributed by atoms with E-state index < -0.39 is 5.54 Å².